The summed E-state index contributed by atoms with van der Waals surface area (Å²) in [6, 6.07) is 3.42. The number of halogens is 3. The van der Waals surface area contributed by atoms with Crippen molar-refractivity contribution in [2.75, 3.05) is 11.9 Å². The summed E-state index contributed by atoms with van der Waals surface area (Å²) >= 11 is 0. The lowest BCUT2D eigenvalue weighted by atomic mass is 10.1. The van der Waals surface area contributed by atoms with Crippen molar-refractivity contribution in [3.05, 3.63) is 29.3 Å². The maximum atomic E-state index is 12.5. The molecule has 3 N–H and O–H groups in total. The van der Waals surface area contributed by atoms with Gasteiger partial charge in [0, 0.05) is 12.7 Å². The molecule has 0 saturated heterocycles. The number of hydrogen-bond acceptors (Lipinski definition) is 1. The van der Waals surface area contributed by atoms with Gasteiger partial charge >= 0.3 is 6.18 Å². The summed E-state index contributed by atoms with van der Waals surface area (Å²) in [6.07, 6.45) is -3.91. The van der Waals surface area contributed by atoms with E-state index in [1.54, 1.807) is 14.0 Å². The molecule has 0 unspecified atom stereocenters. The van der Waals surface area contributed by atoms with Crippen molar-refractivity contribution in [2.24, 2.45) is 5.73 Å². The van der Waals surface area contributed by atoms with Gasteiger partial charge in [-0.25, -0.2) is 0 Å². The minimum Gasteiger partial charge on any atom is -0.370 e. The van der Waals surface area contributed by atoms with Crippen molar-refractivity contribution in [2.45, 2.75) is 19.5 Å². The standard InChI is InChI=1S/C11H14F3N3/c1-3-7-6-8(11(12,13)14)4-5-9(7)17(2)10(15)16/h4-6H,3H2,1-2H3,(H3,15,16). The van der Waals surface area contributed by atoms with E-state index in [0.717, 1.165) is 12.1 Å². The molecule has 0 saturated carbocycles. The first-order valence-electron chi connectivity index (χ1n) is 5.05. The Labute approximate surface area is 97.5 Å². The highest BCUT2D eigenvalue weighted by molar-refractivity contribution is 5.92. The highest BCUT2D eigenvalue weighted by Crippen LogP contribution is 2.32. The van der Waals surface area contributed by atoms with E-state index in [0.29, 0.717) is 17.7 Å². The monoisotopic (exact) mass is 245 g/mol. The molecular weight excluding hydrogens is 231 g/mol. The van der Waals surface area contributed by atoms with E-state index in [2.05, 4.69) is 0 Å². The van der Waals surface area contributed by atoms with E-state index in [9.17, 15) is 13.2 Å². The number of guanidine groups is 1. The van der Waals surface area contributed by atoms with Crippen molar-refractivity contribution >= 4 is 11.6 Å². The number of nitrogens with zero attached hydrogens (tertiary/aromatic N) is 1. The fourth-order valence-electron chi connectivity index (χ4n) is 1.50. The summed E-state index contributed by atoms with van der Waals surface area (Å²) in [5, 5.41) is 7.27. The molecule has 17 heavy (non-hydrogen) atoms. The number of alkyl halides is 3. The smallest absolute Gasteiger partial charge is 0.370 e. The van der Waals surface area contributed by atoms with Crippen LogP contribution in [0.4, 0.5) is 18.9 Å². The average molecular weight is 245 g/mol. The van der Waals surface area contributed by atoms with Gasteiger partial charge in [-0.05, 0) is 30.2 Å². The van der Waals surface area contributed by atoms with E-state index < -0.39 is 11.7 Å². The van der Waals surface area contributed by atoms with E-state index in [1.807, 2.05) is 0 Å². The molecule has 0 aliphatic rings. The Hall–Kier alpha value is -1.72. The first-order valence-corrected chi connectivity index (χ1v) is 5.05. The fraction of sp³-hybridized carbons (Fsp3) is 0.364. The Kier molecular flexibility index (Phi) is 3.65. The van der Waals surface area contributed by atoms with Crippen molar-refractivity contribution in [1.29, 1.82) is 5.41 Å². The molecular formula is C11H14F3N3. The van der Waals surface area contributed by atoms with E-state index in [-0.39, 0.29) is 5.96 Å². The molecule has 1 aromatic rings. The summed E-state index contributed by atoms with van der Waals surface area (Å²) in [5.74, 6) is -0.209. The van der Waals surface area contributed by atoms with Crippen molar-refractivity contribution in [3.8, 4) is 0 Å². The van der Waals surface area contributed by atoms with Gasteiger partial charge < -0.3 is 10.6 Å². The van der Waals surface area contributed by atoms with Crippen LogP contribution in [0.1, 0.15) is 18.1 Å². The van der Waals surface area contributed by atoms with Crippen LogP contribution in [0.3, 0.4) is 0 Å². The molecule has 3 nitrogen and oxygen atoms in total. The van der Waals surface area contributed by atoms with Gasteiger partial charge in [0.1, 0.15) is 0 Å². The zero-order chi connectivity index (χ0) is 13.2. The molecule has 0 bridgehead atoms. The molecule has 0 spiro atoms. The number of nitrogens with one attached hydrogen (secondary N) is 1. The molecule has 0 fully saturated rings. The van der Waals surface area contributed by atoms with E-state index in [4.69, 9.17) is 11.1 Å². The Morgan fingerprint density at radius 1 is 1.41 bits per heavy atom. The van der Waals surface area contributed by atoms with Gasteiger partial charge in [0.2, 0.25) is 0 Å². The number of rotatable bonds is 2. The fourth-order valence-corrected chi connectivity index (χ4v) is 1.50. The van der Waals surface area contributed by atoms with Crippen LogP contribution >= 0.6 is 0 Å². The summed E-state index contributed by atoms with van der Waals surface area (Å²) in [7, 11) is 1.55. The number of benzene rings is 1. The normalized spacial score (nSPS) is 11.4. The van der Waals surface area contributed by atoms with Crippen LogP contribution < -0.4 is 10.6 Å². The Balaban J connectivity index is 3.23. The quantitative estimate of drug-likeness (QED) is 0.621. The molecule has 0 aromatic heterocycles. The second-order valence-electron chi connectivity index (χ2n) is 3.64. The number of aryl methyl sites for hydroxylation is 1. The van der Waals surface area contributed by atoms with Gasteiger partial charge in [0.15, 0.2) is 5.96 Å². The summed E-state index contributed by atoms with van der Waals surface area (Å²) in [5.41, 5.74) is 5.65. The van der Waals surface area contributed by atoms with Gasteiger partial charge in [0.25, 0.3) is 0 Å². The Morgan fingerprint density at radius 3 is 2.41 bits per heavy atom. The van der Waals surface area contributed by atoms with Crippen LogP contribution in [0.5, 0.6) is 0 Å². The van der Waals surface area contributed by atoms with Crippen LogP contribution in [-0.4, -0.2) is 13.0 Å². The number of hydrogen-bond donors (Lipinski definition) is 2. The van der Waals surface area contributed by atoms with Crippen molar-refractivity contribution in [3.63, 3.8) is 0 Å². The van der Waals surface area contributed by atoms with Crippen LogP contribution in [0.25, 0.3) is 0 Å². The van der Waals surface area contributed by atoms with Crippen LogP contribution in [0, 0.1) is 5.41 Å². The molecule has 0 amide bonds. The van der Waals surface area contributed by atoms with Crippen molar-refractivity contribution < 1.29 is 13.2 Å². The molecule has 0 aliphatic carbocycles. The zero-order valence-corrected chi connectivity index (χ0v) is 9.60. The minimum absolute atomic E-state index is 0.209. The molecule has 1 aromatic carbocycles. The number of anilines is 1. The van der Waals surface area contributed by atoms with Crippen LogP contribution in [0.15, 0.2) is 18.2 Å². The zero-order valence-electron chi connectivity index (χ0n) is 9.60. The lowest BCUT2D eigenvalue weighted by molar-refractivity contribution is -0.137. The van der Waals surface area contributed by atoms with Crippen LogP contribution in [-0.2, 0) is 12.6 Å². The Bertz CT molecular complexity index is 426. The SMILES string of the molecule is CCc1cc(C(F)(F)F)ccc1N(C)C(=N)N. The highest BCUT2D eigenvalue weighted by Gasteiger charge is 2.31. The largest absolute Gasteiger partial charge is 0.416 e. The van der Waals surface area contributed by atoms with E-state index in [1.165, 1.54) is 11.0 Å². The topological polar surface area (TPSA) is 53.1 Å². The average Bonchev–Trinajstić information content (AvgIpc) is 2.25. The molecule has 94 valence electrons. The predicted molar refractivity (Wildman–Crippen MR) is 61.1 cm³/mol. The van der Waals surface area contributed by atoms with E-state index >= 15 is 0 Å². The molecule has 6 heteroatoms. The third kappa shape index (κ3) is 2.89. The third-order valence-corrected chi connectivity index (χ3v) is 2.51. The molecule has 0 heterocycles. The lowest BCUT2D eigenvalue weighted by Crippen LogP contribution is -2.33. The molecule has 0 radical (unpaired) electrons. The Morgan fingerprint density at radius 2 is 2.00 bits per heavy atom. The first kappa shape index (κ1) is 13.3. The molecule has 0 atom stereocenters. The third-order valence-electron chi connectivity index (χ3n) is 2.51. The summed E-state index contributed by atoms with van der Waals surface area (Å²) in [4.78, 5) is 1.35. The van der Waals surface area contributed by atoms with Crippen LogP contribution in [0.2, 0.25) is 0 Å². The molecule has 1 rings (SSSR count). The van der Waals surface area contributed by atoms with Gasteiger partial charge in [-0.3, -0.25) is 5.41 Å². The van der Waals surface area contributed by atoms with Gasteiger partial charge in [-0.1, -0.05) is 6.92 Å². The minimum atomic E-state index is -4.35. The second-order valence-corrected chi connectivity index (χ2v) is 3.64. The highest BCUT2D eigenvalue weighted by atomic mass is 19.4. The lowest BCUT2D eigenvalue weighted by Gasteiger charge is -2.21. The predicted octanol–water partition coefficient (Wildman–Crippen LogP) is 2.60. The number of nitrogens with two attached hydrogens (primary N) is 1. The summed E-state index contributed by atoms with van der Waals surface area (Å²) in [6.45, 7) is 1.76. The second kappa shape index (κ2) is 4.65. The van der Waals surface area contributed by atoms with Gasteiger partial charge in [-0.15, -0.1) is 0 Å². The maximum absolute atomic E-state index is 12.5. The molecule has 0 aliphatic heterocycles. The maximum Gasteiger partial charge on any atom is 0.416 e. The van der Waals surface area contributed by atoms with Crippen molar-refractivity contribution in [1.82, 2.24) is 0 Å². The van der Waals surface area contributed by atoms with Gasteiger partial charge in [-0.2, -0.15) is 13.2 Å². The van der Waals surface area contributed by atoms with Gasteiger partial charge in [0.05, 0.1) is 5.56 Å². The summed E-state index contributed by atoms with van der Waals surface area (Å²) < 4.78 is 37.5. The first-order chi connectivity index (χ1) is 7.77.